The Bertz CT molecular complexity index is 1570. The highest BCUT2D eigenvalue weighted by molar-refractivity contribution is 7.88. The van der Waals surface area contributed by atoms with E-state index in [1.165, 1.54) is 25.5 Å². The number of alkyl halides is 1. The minimum absolute atomic E-state index is 0.0200. The lowest BCUT2D eigenvalue weighted by molar-refractivity contribution is -0.117. The van der Waals surface area contributed by atoms with Crippen LogP contribution in [0.25, 0.3) is 27.8 Å². The number of hydrogen-bond acceptors (Lipinski definition) is 6. The zero-order chi connectivity index (χ0) is 24.4. The minimum Gasteiger partial charge on any atom is -0.309 e. The number of aromatic nitrogens is 5. The van der Waals surface area contributed by atoms with E-state index in [-0.39, 0.29) is 33.9 Å². The quantitative estimate of drug-likeness (QED) is 0.366. The molecule has 1 saturated carbocycles. The molecule has 5 rings (SSSR count). The van der Waals surface area contributed by atoms with E-state index < -0.39 is 39.9 Å². The number of aromatic amines is 1. The Labute approximate surface area is 196 Å². The summed E-state index contributed by atoms with van der Waals surface area (Å²) in [5.41, 5.74) is 1.23. The Morgan fingerprint density at radius 3 is 2.76 bits per heavy atom. The third-order valence-corrected chi connectivity index (χ3v) is 6.69. The molecule has 178 valence electrons. The molecule has 0 saturated heterocycles. The predicted molar refractivity (Wildman–Crippen MR) is 121 cm³/mol. The number of nitrogens with zero attached hydrogens (tertiary/aromatic N) is 4. The van der Waals surface area contributed by atoms with Crippen molar-refractivity contribution in [3.05, 3.63) is 41.2 Å². The first-order valence-corrected chi connectivity index (χ1v) is 12.4. The van der Waals surface area contributed by atoms with Crippen LogP contribution >= 0.6 is 11.6 Å². The van der Waals surface area contributed by atoms with Gasteiger partial charge in [0.2, 0.25) is 15.9 Å². The number of fused-ring (bicyclic) bond motifs is 2. The van der Waals surface area contributed by atoms with E-state index in [4.69, 9.17) is 11.6 Å². The maximum Gasteiger partial charge on any atom is 0.231 e. The first-order chi connectivity index (χ1) is 16.0. The number of hydrogen-bond donors (Lipinski definition) is 3. The maximum absolute atomic E-state index is 15.4. The first-order valence-electron chi connectivity index (χ1n) is 10.1. The second-order valence-electron chi connectivity index (χ2n) is 8.20. The van der Waals surface area contributed by atoms with Crippen molar-refractivity contribution in [1.82, 2.24) is 29.3 Å². The second kappa shape index (κ2) is 7.96. The molecule has 3 heterocycles. The summed E-state index contributed by atoms with van der Waals surface area (Å²) in [6, 6.07) is -0.921. The molecule has 3 aromatic heterocycles. The van der Waals surface area contributed by atoms with Crippen LogP contribution in [0.15, 0.2) is 24.8 Å². The summed E-state index contributed by atoms with van der Waals surface area (Å²) < 4.78 is 55.8. The number of anilines is 1. The highest BCUT2D eigenvalue weighted by Gasteiger charge is 2.43. The molecule has 0 aliphatic heterocycles. The maximum atomic E-state index is 15.4. The number of amides is 1. The van der Waals surface area contributed by atoms with Gasteiger partial charge in [-0.1, -0.05) is 11.6 Å². The van der Waals surface area contributed by atoms with E-state index in [9.17, 15) is 17.6 Å². The van der Waals surface area contributed by atoms with Crippen LogP contribution in [0.5, 0.6) is 0 Å². The third-order valence-electron chi connectivity index (χ3n) is 5.55. The zero-order valence-electron chi connectivity index (χ0n) is 17.8. The Morgan fingerprint density at radius 1 is 1.35 bits per heavy atom. The largest absolute Gasteiger partial charge is 0.309 e. The van der Waals surface area contributed by atoms with Crippen molar-refractivity contribution in [3.8, 4) is 11.3 Å². The molecule has 0 bridgehead atoms. The number of halogens is 3. The van der Waals surface area contributed by atoms with Crippen molar-refractivity contribution in [2.45, 2.75) is 25.6 Å². The van der Waals surface area contributed by atoms with Crippen LogP contribution in [0.4, 0.5) is 14.6 Å². The highest BCUT2D eigenvalue weighted by atomic mass is 35.5. The van der Waals surface area contributed by atoms with E-state index in [1.54, 1.807) is 10.6 Å². The summed E-state index contributed by atoms with van der Waals surface area (Å²) in [5, 5.41) is 9.44. The van der Waals surface area contributed by atoms with Crippen LogP contribution in [0, 0.1) is 11.7 Å². The standard InChI is InChI=1S/C20H18ClF2N7O3S/c1-8(29-34(2,32)33)15-18(23)17(21)16(10-4-25-28-19(10)15)12-6-30-7-13(26-14(30)5-24-12)27-20(31)9-3-11(9)22/h4-9,11,29H,3H2,1-2H3,(H,25,28)(H,27,31)/t8?,9-,11+/m1/s1. The van der Waals surface area contributed by atoms with Gasteiger partial charge in [0.1, 0.15) is 12.0 Å². The molecule has 1 amide bonds. The van der Waals surface area contributed by atoms with Crippen LogP contribution in [0.3, 0.4) is 0 Å². The van der Waals surface area contributed by atoms with Crippen LogP contribution in [0.2, 0.25) is 5.02 Å². The number of imidazole rings is 1. The Morgan fingerprint density at radius 2 is 2.09 bits per heavy atom. The van der Waals surface area contributed by atoms with Gasteiger partial charge in [0.15, 0.2) is 11.5 Å². The van der Waals surface area contributed by atoms with Crippen LogP contribution < -0.4 is 10.0 Å². The van der Waals surface area contributed by atoms with E-state index in [0.717, 1.165) is 6.26 Å². The van der Waals surface area contributed by atoms with Gasteiger partial charge < -0.3 is 9.72 Å². The monoisotopic (exact) mass is 509 g/mol. The van der Waals surface area contributed by atoms with Gasteiger partial charge in [0, 0.05) is 28.8 Å². The van der Waals surface area contributed by atoms with Gasteiger partial charge in [-0.15, -0.1) is 0 Å². The molecule has 14 heteroatoms. The Kier molecular flexibility index (Phi) is 5.30. The van der Waals surface area contributed by atoms with Gasteiger partial charge in [-0.3, -0.25) is 14.9 Å². The highest BCUT2D eigenvalue weighted by Crippen LogP contribution is 2.40. The zero-order valence-corrected chi connectivity index (χ0v) is 19.4. The van der Waals surface area contributed by atoms with Crippen molar-refractivity contribution in [2.24, 2.45) is 5.92 Å². The number of carbonyl (C=O) groups is 1. The third kappa shape index (κ3) is 3.99. The molecular formula is C20H18ClF2N7O3S. The van der Waals surface area contributed by atoms with Gasteiger partial charge in [-0.05, 0) is 13.3 Å². The molecule has 0 radical (unpaired) electrons. The summed E-state index contributed by atoms with van der Waals surface area (Å²) in [7, 11) is -3.62. The topological polar surface area (TPSA) is 134 Å². The number of H-pyrrole nitrogens is 1. The molecular weight excluding hydrogens is 492 g/mol. The van der Waals surface area contributed by atoms with Crippen LogP contribution in [0.1, 0.15) is 24.9 Å². The van der Waals surface area contributed by atoms with E-state index in [1.807, 2.05) is 0 Å². The van der Waals surface area contributed by atoms with Crippen molar-refractivity contribution in [1.29, 1.82) is 0 Å². The van der Waals surface area contributed by atoms with Gasteiger partial charge in [-0.2, -0.15) is 5.10 Å². The van der Waals surface area contributed by atoms with Crippen molar-refractivity contribution >= 4 is 49.9 Å². The molecule has 10 nitrogen and oxygen atoms in total. The molecule has 34 heavy (non-hydrogen) atoms. The smallest absolute Gasteiger partial charge is 0.231 e. The molecule has 0 spiro atoms. The normalized spacial score (nSPS) is 19.0. The van der Waals surface area contributed by atoms with Gasteiger partial charge in [0.05, 0.1) is 47.0 Å². The summed E-state index contributed by atoms with van der Waals surface area (Å²) in [6.07, 6.45) is 5.99. The summed E-state index contributed by atoms with van der Waals surface area (Å²) in [5.74, 6) is -1.69. The van der Waals surface area contributed by atoms with E-state index >= 15 is 4.39 Å². The fraction of sp³-hybridized carbons (Fsp3) is 0.300. The number of nitrogens with one attached hydrogen (secondary N) is 3. The first kappa shape index (κ1) is 22.6. The van der Waals surface area contributed by atoms with Gasteiger partial charge >= 0.3 is 0 Å². The van der Waals surface area contributed by atoms with Gasteiger partial charge in [0.25, 0.3) is 0 Å². The van der Waals surface area contributed by atoms with Crippen LogP contribution in [-0.4, -0.2) is 51.3 Å². The molecule has 3 N–H and O–H groups in total. The van der Waals surface area contributed by atoms with Crippen molar-refractivity contribution in [2.75, 3.05) is 11.6 Å². The molecule has 1 aliphatic rings. The Hall–Kier alpha value is -3.16. The lowest BCUT2D eigenvalue weighted by Crippen LogP contribution is -2.26. The fourth-order valence-electron chi connectivity index (χ4n) is 3.92. The molecule has 1 aromatic carbocycles. The lowest BCUT2D eigenvalue weighted by Gasteiger charge is -2.17. The van der Waals surface area contributed by atoms with Crippen molar-refractivity contribution in [3.63, 3.8) is 0 Å². The predicted octanol–water partition coefficient (Wildman–Crippen LogP) is 2.97. The molecule has 3 atom stereocenters. The SMILES string of the molecule is CC(NS(C)(=O)=O)c1c(F)c(Cl)c(-c2cn3cc(NC(=O)[C@@H]4C[C@@H]4F)nc3cn2)c2cn[nH]c12. The number of carbonyl (C=O) groups excluding carboxylic acids is 1. The van der Waals surface area contributed by atoms with E-state index in [2.05, 4.69) is 30.2 Å². The van der Waals surface area contributed by atoms with Crippen LogP contribution in [-0.2, 0) is 14.8 Å². The second-order valence-corrected chi connectivity index (χ2v) is 10.4. The summed E-state index contributed by atoms with van der Waals surface area (Å²) >= 11 is 6.41. The minimum atomic E-state index is -3.62. The van der Waals surface area contributed by atoms with Crippen molar-refractivity contribution < 1.29 is 22.0 Å². The molecule has 1 unspecified atom stereocenters. The molecule has 4 aromatic rings. The molecule has 1 fully saturated rings. The van der Waals surface area contributed by atoms with Gasteiger partial charge in [-0.25, -0.2) is 26.9 Å². The summed E-state index contributed by atoms with van der Waals surface area (Å²) in [4.78, 5) is 20.6. The lowest BCUT2D eigenvalue weighted by atomic mass is 9.99. The van der Waals surface area contributed by atoms with E-state index in [0.29, 0.717) is 16.7 Å². The number of sulfonamides is 1. The summed E-state index contributed by atoms with van der Waals surface area (Å²) in [6.45, 7) is 1.49. The average Bonchev–Trinajstić information content (AvgIpc) is 3.12. The average molecular weight is 510 g/mol. The Balaban J connectivity index is 1.57. The molecule has 1 aliphatic carbocycles. The fourth-order valence-corrected chi connectivity index (χ4v) is 4.98. The number of rotatable bonds is 6. The number of benzene rings is 1.